The van der Waals surface area contributed by atoms with Gasteiger partial charge in [-0.25, -0.2) is 0 Å². The lowest BCUT2D eigenvalue weighted by Crippen LogP contribution is -1.91. The smallest absolute Gasteiger partial charge is 0.0887 e. The number of hydrogen-bond donors (Lipinski definition) is 0. The van der Waals surface area contributed by atoms with E-state index >= 15 is 0 Å². The molecule has 2 rings (SSSR count). The van der Waals surface area contributed by atoms with E-state index in [0.717, 1.165) is 16.8 Å². The maximum absolute atomic E-state index is 8.36. The van der Waals surface area contributed by atoms with E-state index in [4.69, 9.17) is 17.1 Å². The average molecular weight is 246 g/mol. The minimum atomic E-state index is 0.239. The molecular formula is C11H8ClN5. The molecule has 0 radical (unpaired) electrons. The molecule has 0 saturated carbocycles. The van der Waals surface area contributed by atoms with Gasteiger partial charge in [0, 0.05) is 27.9 Å². The Labute approximate surface area is 103 Å². The van der Waals surface area contributed by atoms with Crippen LogP contribution in [0.1, 0.15) is 5.56 Å². The summed E-state index contributed by atoms with van der Waals surface area (Å²) in [6.07, 6.45) is 4.87. The van der Waals surface area contributed by atoms with Crippen LogP contribution in [0.3, 0.4) is 0 Å². The highest BCUT2D eigenvalue weighted by Crippen LogP contribution is 2.25. The Morgan fingerprint density at radius 3 is 2.94 bits per heavy atom. The zero-order chi connectivity index (χ0) is 12.1. The van der Waals surface area contributed by atoms with Gasteiger partial charge >= 0.3 is 0 Å². The molecule has 0 N–H and O–H groups in total. The fourth-order valence-corrected chi connectivity index (χ4v) is 1.68. The second-order valence-corrected chi connectivity index (χ2v) is 3.72. The number of halogens is 1. The van der Waals surface area contributed by atoms with Crippen LogP contribution in [0.4, 0.5) is 0 Å². The number of aromatic nitrogens is 2. The van der Waals surface area contributed by atoms with Crippen molar-refractivity contribution >= 4 is 11.6 Å². The van der Waals surface area contributed by atoms with Gasteiger partial charge in [-0.1, -0.05) is 22.8 Å². The minimum Gasteiger partial charge on any atom is -0.261 e. The van der Waals surface area contributed by atoms with E-state index in [1.54, 1.807) is 30.7 Å². The summed E-state index contributed by atoms with van der Waals surface area (Å²) in [4.78, 5) is 11.0. The molecule has 0 amide bonds. The molecule has 0 aliphatic rings. The molecule has 0 bridgehead atoms. The summed E-state index contributed by atoms with van der Waals surface area (Å²) in [7, 11) is 0. The Bertz CT molecular complexity index is 563. The summed E-state index contributed by atoms with van der Waals surface area (Å²) >= 11 is 5.91. The van der Waals surface area contributed by atoms with Gasteiger partial charge in [-0.15, -0.1) is 0 Å². The topological polar surface area (TPSA) is 74.5 Å². The number of benzene rings is 1. The lowest BCUT2D eigenvalue weighted by atomic mass is 10.1. The standard InChI is InChI=1S/C11H8ClN5/c12-9-1-2-10(8(5-9)6-16-17-13)11-7-14-3-4-15-11/h1-5,7H,6H2. The van der Waals surface area contributed by atoms with Crippen molar-refractivity contribution in [2.75, 3.05) is 0 Å². The second kappa shape index (κ2) is 5.30. The van der Waals surface area contributed by atoms with Crippen LogP contribution in [-0.2, 0) is 6.54 Å². The monoisotopic (exact) mass is 245 g/mol. The first-order valence-corrected chi connectivity index (χ1v) is 5.24. The third-order valence-corrected chi connectivity index (χ3v) is 2.45. The van der Waals surface area contributed by atoms with Crippen LogP contribution in [0.15, 0.2) is 41.9 Å². The van der Waals surface area contributed by atoms with E-state index in [1.807, 2.05) is 6.07 Å². The Hall–Kier alpha value is -2.10. The van der Waals surface area contributed by atoms with Gasteiger partial charge < -0.3 is 0 Å². The Morgan fingerprint density at radius 1 is 1.35 bits per heavy atom. The van der Waals surface area contributed by atoms with E-state index < -0.39 is 0 Å². The molecule has 2 aromatic rings. The largest absolute Gasteiger partial charge is 0.261 e. The zero-order valence-corrected chi connectivity index (χ0v) is 9.54. The Balaban J connectivity index is 2.49. The first kappa shape index (κ1) is 11.4. The highest BCUT2D eigenvalue weighted by molar-refractivity contribution is 6.30. The summed E-state index contributed by atoms with van der Waals surface area (Å²) in [5.74, 6) is 0. The molecule has 0 atom stereocenters. The van der Waals surface area contributed by atoms with Gasteiger partial charge in [-0.3, -0.25) is 9.97 Å². The van der Waals surface area contributed by atoms with Gasteiger partial charge in [0.1, 0.15) is 0 Å². The van der Waals surface area contributed by atoms with E-state index in [1.165, 1.54) is 0 Å². The molecule has 0 saturated heterocycles. The molecule has 84 valence electrons. The molecule has 0 unspecified atom stereocenters. The molecule has 0 aliphatic heterocycles. The van der Waals surface area contributed by atoms with Gasteiger partial charge in [0.25, 0.3) is 0 Å². The maximum Gasteiger partial charge on any atom is 0.0887 e. The van der Waals surface area contributed by atoms with Crippen molar-refractivity contribution < 1.29 is 0 Å². The molecule has 0 aliphatic carbocycles. The van der Waals surface area contributed by atoms with Crippen molar-refractivity contribution in [1.29, 1.82) is 0 Å². The predicted molar refractivity (Wildman–Crippen MR) is 65.3 cm³/mol. The first-order chi connectivity index (χ1) is 8.31. The predicted octanol–water partition coefficient (Wildman–Crippen LogP) is 3.61. The van der Waals surface area contributed by atoms with Crippen molar-refractivity contribution in [3.63, 3.8) is 0 Å². The number of nitrogens with zero attached hydrogens (tertiary/aromatic N) is 5. The molecule has 17 heavy (non-hydrogen) atoms. The molecule has 5 nitrogen and oxygen atoms in total. The summed E-state index contributed by atoms with van der Waals surface area (Å²) < 4.78 is 0. The molecule has 0 spiro atoms. The Kier molecular flexibility index (Phi) is 3.55. The maximum atomic E-state index is 8.36. The molecule has 1 heterocycles. The van der Waals surface area contributed by atoms with E-state index in [2.05, 4.69) is 20.0 Å². The lowest BCUT2D eigenvalue weighted by molar-refractivity contribution is 1.04. The highest BCUT2D eigenvalue weighted by atomic mass is 35.5. The van der Waals surface area contributed by atoms with Gasteiger partial charge in [0.2, 0.25) is 0 Å². The number of rotatable bonds is 3. The summed E-state index contributed by atoms with van der Waals surface area (Å²) in [5.41, 5.74) is 10.8. The fourth-order valence-electron chi connectivity index (χ4n) is 1.49. The van der Waals surface area contributed by atoms with Crippen molar-refractivity contribution in [1.82, 2.24) is 9.97 Å². The third kappa shape index (κ3) is 2.72. The summed E-state index contributed by atoms with van der Waals surface area (Å²) in [6, 6.07) is 5.37. The fraction of sp³-hybridized carbons (Fsp3) is 0.0909. The molecule has 1 aromatic carbocycles. The van der Waals surface area contributed by atoms with Crippen molar-refractivity contribution in [2.24, 2.45) is 5.11 Å². The summed E-state index contributed by atoms with van der Waals surface area (Å²) in [6.45, 7) is 0.239. The van der Waals surface area contributed by atoms with E-state index in [0.29, 0.717) is 5.02 Å². The zero-order valence-electron chi connectivity index (χ0n) is 8.79. The van der Waals surface area contributed by atoms with Crippen LogP contribution in [0.2, 0.25) is 5.02 Å². The van der Waals surface area contributed by atoms with Crippen molar-refractivity contribution in [2.45, 2.75) is 6.54 Å². The van der Waals surface area contributed by atoms with Crippen LogP contribution < -0.4 is 0 Å². The van der Waals surface area contributed by atoms with Gasteiger partial charge in [-0.05, 0) is 23.2 Å². The summed E-state index contributed by atoms with van der Waals surface area (Å²) in [5, 5.41) is 4.14. The van der Waals surface area contributed by atoms with Crippen molar-refractivity contribution in [3.8, 4) is 11.3 Å². The van der Waals surface area contributed by atoms with Crippen molar-refractivity contribution in [3.05, 3.63) is 57.8 Å². The molecule has 1 aromatic heterocycles. The van der Waals surface area contributed by atoms with E-state index in [9.17, 15) is 0 Å². The van der Waals surface area contributed by atoms with Gasteiger partial charge in [0.15, 0.2) is 0 Å². The van der Waals surface area contributed by atoms with E-state index in [-0.39, 0.29) is 6.54 Å². The quantitative estimate of drug-likeness (QED) is 0.471. The lowest BCUT2D eigenvalue weighted by Gasteiger charge is -2.06. The average Bonchev–Trinajstić information content (AvgIpc) is 2.37. The van der Waals surface area contributed by atoms with Gasteiger partial charge in [-0.2, -0.15) is 0 Å². The van der Waals surface area contributed by atoms with Crippen LogP contribution in [0.5, 0.6) is 0 Å². The van der Waals surface area contributed by atoms with Crippen LogP contribution in [-0.4, -0.2) is 9.97 Å². The SMILES string of the molecule is [N-]=[N+]=NCc1cc(Cl)ccc1-c1cnccn1. The Morgan fingerprint density at radius 2 is 2.24 bits per heavy atom. The second-order valence-electron chi connectivity index (χ2n) is 3.28. The first-order valence-electron chi connectivity index (χ1n) is 4.87. The normalized spacial score (nSPS) is 9.71. The highest BCUT2D eigenvalue weighted by Gasteiger charge is 2.06. The molecule has 6 heteroatoms. The van der Waals surface area contributed by atoms with Crippen LogP contribution in [0, 0.1) is 0 Å². The molecule has 0 fully saturated rings. The van der Waals surface area contributed by atoms with Crippen LogP contribution in [0.25, 0.3) is 21.7 Å². The number of azide groups is 1. The minimum absolute atomic E-state index is 0.239. The molecular weight excluding hydrogens is 238 g/mol. The number of hydrogen-bond acceptors (Lipinski definition) is 3. The van der Waals surface area contributed by atoms with Gasteiger partial charge in [0.05, 0.1) is 18.4 Å². The van der Waals surface area contributed by atoms with Crippen LogP contribution >= 0.6 is 11.6 Å². The third-order valence-electron chi connectivity index (χ3n) is 2.21.